The standard InChI is InChI=1S/C62H104N4O45/c1-14-31(78)40(87)44(91)58(96-14)108-50-30(66-18(5)77)57(103-25(12-73)49(50)107-59-45(92)41(88)33(80)20(7-68)99-59)111-53-43(90)35(82)22(9-70)101-62(53)109-51-36(83)26(13-95-61-52(42(89)34(81)21(8-69)100-61)110-55-28(64-16(3)75)37(84)32(79)19(6-67)98-55)104-60(46(51)93)106-48-24(11-72)102-56(29(39(48)86)65-17(4)76)105-47-23(10-71)97-54(94)27(38(47)85)63-15(2)74/h14,19-62,67-73,78-94H,6-13H2,1-5H3,(H,63,74)(H,64,75)(H,65,76)(H,66,77)/t14-,19+,20+,21+,22+,23+,24+,25+,26+,27+,28+,29+,30+,31+,32+,33-,34+,35+,36+,37+,38+,39+,40+,41-,42-,43-,44-,45+,46-,47+,48+,49+,50+,51-,52-,53-,54-,55-,56-,57-,58-,59-,60-,61-,62+/m0/s1. The fourth-order valence-corrected chi connectivity index (χ4v) is 14.4. The lowest BCUT2D eigenvalue weighted by atomic mass is 9.93. The van der Waals surface area contributed by atoms with Crippen molar-refractivity contribution >= 4 is 23.6 Å². The van der Waals surface area contributed by atoms with Crippen LogP contribution in [0.2, 0.25) is 0 Å². The van der Waals surface area contributed by atoms with Crippen molar-refractivity contribution in [3.8, 4) is 0 Å². The van der Waals surface area contributed by atoms with Gasteiger partial charge in [0, 0.05) is 27.7 Å². The molecule has 0 spiro atoms. The molecule has 0 aromatic rings. The molecule has 49 nitrogen and oxygen atoms in total. The van der Waals surface area contributed by atoms with Crippen LogP contribution in [0, 0.1) is 0 Å². The molecule has 0 unspecified atom stereocenters. The van der Waals surface area contributed by atoms with Gasteiger partial charge in [-0.05, 0) is 6.92 Å². The van der Waals surface area contributed by atoms with E-state index >= 15 is 0 Å². The second kappa shape index (κ2) is 39.7. The van der Waals surface area contributed by atoms with Crippen molar-refractivity contribution in [2.45, 2.75) is 311 Å². The Kier molecular flexibility index (Phi) is 32.6. The zero-order chi connectivity index (χ0) is 81.8. The maximum Gasteiger partial charge on any atom is 0.217 e. The van der Waals surface area contributed by atoms with Gasteiger partial charge in [0.15, 0.2) is 56.6 Å². The Balaban J connectivity index is 1.09. The van der Waals surface area contributed by atoms with Gasteiger partial charge in [-0.1, -0.05) is 0 Å². The van der Waals surface area contributed by atoms with Gasteiger partial charge in [-0.3, -0.25) is 19.2 Å². The fraction of sp³-hybridized carbons (Fsp3) is 0.935. The zero-order valence-electron chi connectivity index (χ0n) is 59.9. The van der Waals surface area contributed by atoms with Crippen molar-refractivity contribution in [3.63, 3.8) is 0 Å². The quantitative estimate of drug-likeness (QED) is 0.0346. The zero-order valence-corrected chi connectivity index (χ0v) is 59.9. The Bertz CT molecular complexity index is 2950. The molecule has 9 aliphatic heterocycles. The Labute approximate surface area is 629 Å². The van der Waals surface area contributed by atoms with E-state index in [-0.39, 0.29) is 0 Å². The van der Waals surface area contributed by atoms with E-state index in [1.165, 1.54) is 6.92 Å². The summed E-state index contributed by atoms with van der Waals surface area (Å²) in [6.07, 6.45) is -85.1. The molecule has 9 rings (SSSR count). The molecule has 0 aromatic carbocycles. The number of aliphatic hydroxyl groups excluding tert-OH is 24. The van der Waals surface area contributed by atoms with Crippen molar-refractivity contribution < 1.29 is 222 Å². The van der Waals surface area contributed by atoms with Crippen LogP contribution in [0.4, 0.5) is 0 Å². The summed E-state index contributed by atoms with van der Waals surface area (Å²) >= 11 is 0. The number of hydrogen-bond donors (Lipinski definition) is 28. The first kappa shape index (κ1) is 91.1. The minimum atomic E-state index is -2.59. The number of rotatable bonds is 28. The van der Waals surface area contributed by atoms with Gasteiger partial charge < -0.3 is 224 Å². The first-order valence-corrected chi connectivity index (χ1v) is 35.5. The largest absolute Gasteiger partial charge is 0.394 e. The molecule has 0 aromatic heterocycles. The molecule has 49 heteroatoms. The van der Waals surface area contributed by atoms with Crippen molar-refractivity contribution in [2.75, 3.05) is 52.9 Å². The third-order valence-corrected chi connectivity index (χ3v) is 20.3. The Morgan fingerprint density at radius 1 is 0.252 bits per heavy atom. The van der Waals surface area contributed by atoms with Crippen LogP contribution >= 0.6 is 0 Å². The van der Waals surface area contributed by atoms with E-state index in [1.807, 2.05) is 0 Å². The van der Waals surface area contributed by atoms with E-state index in [0.29, 0.717) is 0 Å². The summed E-state index contributed by atoms with van der Waals surface area (Å²) in [7, 11) is 0. The molecule has 9 saturated heterocycles. The van der Waals surface area contributed by atoms with Gasteiger partial charge in [-0.25, -0.2) is 0 Å². The molecule has 45 atom stereocenters. The summed E-state index contributed by atoms with van der Waals surface area (Å²) in [5.41, 5.74) is 0. The molecule has 0 aliphatic carbocycles. The van der Waals surface area contributed by atoms with E-state index in [9.17, 15) is 142 Å². The number of aliphatic hydroxyl groups is 24. The number of amides is 4. The van der Waals surface area contributed by atoms with Crippen LogP contribution < -0.4 is 21.3 Å². The van der Waals surface area contributed by atoms with Crippen LogP contribution in [-0.4, -0.2) is 475 Å². The van der Waals surface area contributed by atoms with Gasteiger partial charge in [0.2, 0.25) is 23.6 Å². The van der Waals surface area contributed by atoms with Gasteiger partial charge in [-0.15, -0.1) is 0 Å². The third kappa shape index (κ3) is 20.2. The summed E-state index contributed by atoms with van der Waals surface area (Å²) < 4.78 is 102. The topological polar surface area (TPSA) is 759 Å². The maximum atomic E-state index is 13.5. The molecular formula is C62H104N4O45. The van der Waals surface area contributed by atoms with E-state index in [1.54, 1.807) is 0 Å². The van der Waals surface area contributed by atoms with Gasteiger partial charge in [-0.2, -0.15) is 0 Å². The molecule has 9 heterocycles. The monoisotopic (exact) mass is 1620 g/mol. The summed E-state index contributed by atoms with van der Waals surface area (Å²) in [5.74, 6) is -3.58. The van der Waals surface area contributed by atoms with E-state index in [4.69, 9.17) is 80.5 Å². The number of ether oxygens (including phenoxy) is 17. The first-order chi connectivity index (χ1) is 52.5. The molecule has 0 radical (unpaired) electrons. The lowest BCUT2D eigenvalue weighted by Gasteiger charge is -2.52. The van der Waals surface area contributed by atoms with Crippen LogP contribution in [0.1, 0.15) is 34.6 Å². The second-order valence-corrected chi connectivity index (χ2v) is 28.1. The average molecular weight is 1630 g/mol. The van der Waals surface area contributed by atoms with Crippen molar-refractivity contribution in [3.05, 3.63) is 0 Å². The SMILES string of the molecule is CC(=O)N[C@@H]1[C@@H](O)[C@H](O[C@@H]2O[C@H](CO)[C@@H](O[C@@H]3O[C@H](CO[C@H]4O[C@H](CO)[C@@H](O)[C@H](O)[C@@H]4O[C@@H]4O[C@H](CO)[C@@H](O)[C@H](O)[C@H]4NC(C)=O)[C@@H](O)[C@H](O[C@H]4O[C@H](CO)[C@@H](O)[C@H](O)[C@@H]4O[C@@H]4O[C@H](CO)[C@@H](O[C@@H]5O[C@H](CO)[C@H](O)[C@H](O)[C@H]5O)[C@H](O[C@@H]5O[C@@H](C)[C@@H](O)[C@@H](O)[C@@H]5O)[C@H]4NC(C)=O)[C@@H]3O)[C@H](O)[C@H]2NC(C)=O)[C@@H](CO)O[C@@H]1O. The molecule has 0 bridgehead atoms. The first-order valence-electron chi connectivity index (χ1n) is 35.5. The van der Waals surface area contributed by atoms with Crippen molar-refractivity contribution in [1.29, 1.82) is 0 Å². The van der Waals surface area contributed by atoms with Crippen LogP contribution in [0.3, 0.4) is 0 Å². The van der Waals surface area contributed by atoms with E-state index in [0.717, 1.165) is 27.7 Å². The molecule has 4 amide bonds. The highest BCUT2D eigenvalue weighted by molar-refractivity contribution is 5.74. The van der Waals surface area contributed by atoms with Crippen molar-refractivity contribution in [2.24, 2.45) is 0 Å². The third-order valence-electron chi connectivity index (χ3n) is 20.3. The summed E-state index contributed by atoms with van der Waals surface area (Å²) in [6, 6.07) is -7.35. The molecular weight excluding hydrogens is 1520 g/mol. The Hall–Kier alpha value is -3.76. The smallest absolute Gasteiger partial charge is 0.217 e. The van der Waals surface area contributed by atoms with Gasteiger partial charge in [0.1, 0.15) is 213 Å². The van der Waals surface area contributed by atoms with E-state index < -0.39 is 353 Å². The van der Waals surface area contributed by atoms with Crippen LogP contribution in [0.25, 0.3) is 0 Å². The Morgan fingerprint density at radius 2 is 0.568 bits per heavy atom. The molecule has 9 aliphatic rings. The van der Waals surface area contributed by atoms with Gasteiger partial charge in [0.25, 0.3) is 0 Å². The predicted molar refractivity (Wildman–Crippen MR) is 342 cm³/mol. The lowest BCUT2D eigenvalue weighted by Crippen LogP contribution is -2.71. The second-order valence-electron chi connectivity index (χ2n) is 28.1. The number of carbonyl (C=O) groups excluding carboxylic acids is 4. The van der Waals surface area contributed by atoms with Crippen LogP contribution in [0.15, 0.2) is 0 Å². The summed E-state index contributed by atoms with van der Waals surface area (Å²) in [5, 5.41) is 277. The number of carbonyl (C=O) groups is 4. The minimum Gasteiger partial charge on any atom is -0.394 e. The minimum absolute atomic E-state index is 0.785. The predicted octanol–water partition coefficient (Wildman–Crippen LogP) is -19.0. The average Bonchev–Trinajstić information content (AvgIpc) is 0.761. The molecule has 0 saturated carbocycles. The number of hydrogen-bond acceptors (Lipinski definition) is 45. The summed E-state index contributed by atoms with van der Waals surface area (Å²) in [4.78, 5) is 51.1. The lowest BCUT2D eigenvalue weighted by molar-refractivity contribution is -0.403. The molecule has 642 valence electrons. The van der Waals surface area contributed by atoms with Crippen molar-refractivity contribution in [1.82, 2.24) is 21.3 Å². The molecule has 9 fully saturated rings. The highest BCUT2D eigenvalue weighted by Gasteiger charge is 2.61. The fourth-order valence-electron chi connectivity index (χ4n) is 14.4. The maximum absolute atomic E-state index is 13.5. The molecule has 111 heavy (non-hydrogen) atoms. The highest BCUT2D eigenvalue weighted by atomic mass is 16.8. The summed E-state index contributed by atoms with van der Waals surface area (Å²) in [6.45, 7) is -3.75. The highest BCUT2D eigenvalue weighted by Crippen LogP contribution is 2.41. The number of nitrogens with one attached hydrogen (secondary N) is 4. The van der Waals surface area contributed by atoms with Gasteiger partial charge in [0.05, 0.1) is 59.0 Å². The Morgan fingerprint density at radius 3 is 1.07 bits per heavy atom. The normalized spacial score (nSPS) is 49.3. The molecule has 28 N–H and O–H groups in total. The van der Waals surface area contributed by atoms with Crippen LogP contribution in [0.5, 0.6) is 0 Å². The van der Waals surface area contributed by atoms with Crippen LogP contribution in [-0.2, 0) is 99.7 Å². The van der Waals surface area contributed by atoms with E-state index in [2.05, 4.69) is 21.3 Å². The van der Waals surface area contributed by atoms with Gasteiger partial charge >= 0.3 is 0 Å².